The quantitative estimate of drug-likeness (QED) is 0.466. The zero-order valence-corrected chi connectivity index (χ0v) is 15.8. The molecule has 4 aromatic rings. The Morgan fingerprint density at radius 2 is 1.62 bits per heavy atom. The van der Waals surface area contributed by atoms with Crippen LogP contribution in [0.5, 0.6) is 5.75 Å². The van der Waals surface area contributed by atoms with Gasteiger partial charge in [0.2, 0.25) is 0 Å². The van der Waals surface area contributed by atoms with Gasteiger partial charge in [-0.3, -0.25) is 9.59 Å². The van der Waals surface area contributed by atoms with Crippen LogP contribution in [0.15, 0.2) is 77.6 Å². The van der Waals surface area contributed by atoms with Gasteiger partial charge in [-0.05, 0) is 36.4 Å². The number of anilines is 1. The van der Waals surface area contributed by atoms with Crippen molar-refractivity contribution in [2.24, 2.45) is 5.73 Å². The zero-order valence-electron chi connectivity index (χ0n) is 15.8. The van der Waals surface area contributed by atoms with E-state index in [1.54, 1.807) is 37.4 Å². The maximum Gasteiger partial charge on any atom is 0.259 e. The molecule has 1 aromatic heterocycles. The van der Waals surface area contributed by atoms with E-state index < -0.39 is 5.91 Å². The molecule has 0 aliphatic rings. The summed E-state index contributed by atoms with van der Waals surface area (Å²) < 4.78 is 5.29. The Bertz CT molecular complexity index is 1220. The fourth-order valence-corrected chi connectivity index (χ4v) is 2.78. The molecule has 5 N–H and O–H groups in total. The number of nitrogens with two attached hydrogens (primary N) is 2. The Kier molecular flexibility index (Phi) is 5.89. The fraction of sp³-hybridized carbons (Fsp3) is 0.0455. The van der Waals surface area contributed by atoms with Crippen LogP contribution < -0.4 is 21.8 Å². The van der Waals surface area contributed by atoms with Gasteiger partial charge in [0.1, 0.15) is 11.6 Å². The maximum absolute atomic E-state index is 12.0. The first-order chi connectivity index (χ1) is 14.0. The summed E-state index contributed by atoms with van der Waals surface area (Å²) in [6, 6.07) is 21.4. The number of aromatic nitrogens is 2. The lowest BCUT2D eigenvalue weighted by Gasteiger charge is -2.07. The van der Waals surface area contributed by atoms with Crippen molar-refractivity contribution in [2.45, 2.75) is 0 Å². The third kappa shape index (κ3) is 4.41. The van der Waals surface area contributed by atoms with Gasteiger partial charge in [0.05, 0.1) is 29.1 Å². The molecule has 4 rings (SSSR count). The van der Waals surface area contributed by atoms with Crippen LogP contribution in [0.25, 0.3) is 22.3 Å². The summed E-state index contributed by atoms with van der Waals surface area (Å²) in [6.07, 6.45) is 0. The molecule has 1 amide bonds. The van der Waals surface area contributed by atoms with Gasteiger partial charge in [-0.15, -0.1) is 0 Å². The van der Waals surface area contributed by atoms with Gasteiger partial charge >= 0.3 is 0 Å². The number of hydrogen-bond donors (Lipinski definition) is 3. The van der Waals surface area contributed by atoms with Crippen LogP contribution in [0, 0.1) is 0 Å². The molecule has 146 valence electrons. The number of amides is 1. The van der Waals surface area contributed by atoms with Gasteiger partial charge in [0.15, 0.2) is 0 Å². The number of nitrogen functional groups attached to an aromatic ring is 1. The monoisotopic (exact) mass is 388 g/mol. The Morgan fingerprint density at radius 3 is 2.31 bits per heavy atom. The Morgan fingerprint density at radius 1 is 0.966 bits per heavy atom. The SMILES string of the molecule is COc1ccccc1-c1nc2ccccc2c(=O)[nH]1.NC(=O)c1ccccc1N. The number of nitrogens with zero attached hydrogens (tertiary/aromatic N) is 1. The molecule has 0 atom stereocenters. The molecule has 1 heterocycles. The van der Waals surface area contributed by atoms with Crippen molar-refractivity contribution in [1.82, 2.24) is 9.97 Å². The topological polar surface area (TPSA) is 124 Å². The van der Waals surface area contributed by atoms with E-state index in [9.17, 15) is 9.59 Å². The van der Waals surface area contributed by atoms with Crippen LogP contribution >= 0.6 is 0 Å². The Balaban J connectivity index is 0.000000204. The molecule has 0 radical (unpaired) electrons. The van der Waals surface area contributed by atoms with E-state index in [0.29, 0.717) is 33.7 Å². The molecule has 0 saturated carbocycles. The molecule has 0 unspecified atom stereocenters. The number of rotatable bonds is 3. The van der Waals surface area contributed by atoms with Crippen molar-refractivity contribution in [2.75, 3.05) is 12.8 Å². The predicted molar refractivity (Wildman–Crippen MR) is 114 cm³/mol. The highest BCUT2D eigenvalue weighted by atomic mass is 16.5. The molecule has 7 heteroatoms. The maximum atomic E-state index is 12.0. The second-order valence-corrected chi connectivity index (χ2v) is 6.08. The molecule has 3 aromatic carbocycles. The zero-order chi connectivity index (χ0) is 20.8. The van der Waals surface area contributed by atoms with Crippen molar-refractivity contribution in [3.8, 4) is 17.1 Å². The summed E-state index contributed by atoms with van der Waals surface area (Å²) in [4.78, 5) is 29.9. The van der Waals surface area contributed by atoms with Crippen LogP contribution in [0.1, 0.15) is 10.4 Å². The summed E-state index contributed by atoms with van der Waals surface area (Å²) in [5, 5.41) is 0.584. The van der Waals surface area contributed by atoms with Gasteiger partial charge in [-0.2, -0.15) is 0 Å². The number of carbonyl (C=O) groups is 1. The standard InChI is InChI=1S/C15H12N2O2.C7H8N2O/c1-19-13-9-5-3-7-11(13)14-16-12-8-4-2-6-10(12)15(18)17-14;8-6-4-2-1-3-5(6)7(9)10/h2-9H,1H3,(H,16,17,18);1-4H,8H2,(H2,9,10). The molecule has 0 saturated heterocycles. The lowest BCUT2D eigenvalue weighted by atomic mass is 10.1. The number of hydrogen-bond acceptors (Lipinski definition) is 5. The highest BCUT2D eigenvalue weighted by Gasteiger charge is 2.09. The first-order valence-electron chi connectivity index (χ1n) is 8.78. The number of para-hydroxylation sites is 3. The molecule has 7 nitrogen and oxygen atoms in total. The van der Waals surface area contributed by atoms with Gasteiger partial charge in [-0.25, -0.2) is 4.98 Å². The van der Waals surface area contributed by atoms with Crippen LogP contribution in [-0.2, 0) is 0 Å². The minimum Gasteiger partial charge on any atom is -0.496 e. The highest BCUT2D eigenvalue weighted by Crippen LogP contribution is 2.26. The van der Waals surface area contributed by atoms with E-state index in [2.05, 4.69) is 9.97 Å². The summed E-state index contributed by atoms with van der Waals surface area (Å²) in [7, 11) is 1.60. The molecular weight excluding hydrogens is 368 g/mol. The Hall–Kier alpha value is -4.13. The van der Waals surface area contributed by atoms with E-state index in [4.69, 9.17) is 16.2 Å². The first-order valence-corrected chi connectivity index (χ1v) is 8.78. The van der Waals surface area contributed by atoms with E-state index in [0.717, 1.165) is 5.56 Å². The van der Waals surface area contributed by atoms with Gasteiger partial charge < -0.3 is 21.2 Å². The summed E-state index contributed by atoms with van der Waals surface area (Å²) in [5.74, 6) is 0.709. The average Bonchev–Trinajstić information content (AvgIpc) is 2.74. The number of carbonyl (C=O) groups excluding carboxylic acids is 1. The summed E-state index contributed by atoms with van der Waals surface area (Å²) in [6.45, 7) is 0. The van der Waals surface area contributed by atoms with Gasteiger partial charge in [0.25, 0.3) is 11.5 Å². The molecular formula is C22H20N4O3. The molecule has 0 aliphatic carbocycles. The van der Waals surface area contributed by atoms with Crippen molar-refractivity contribution in [3.05, 3.63) is 88.7 Å². The van der Waals surface area contributed by atoms with E-state index in [-0.39, 0.29) is 5.56 Å². The molecule has 29 heavy (non-hydrogen) atoms. The number of H-pyrrole nitrogens is 1. The molecule has 0 aliphatic heterocycles. The van der Waals surface area contributed by atoms with Gasteiger partial charge in [-0.1, -0.05) is 36.4 Å². The molecule has 0 fully saturated rings. The molecule has 0 bridgehead atoms. The third-order valence-electron chi connectivity index (χ3n) is 4.20. The number of fused-ring (bicyclic) bond motifs is 1. The second kappa shape index (κ2) is 8.71. The van der Waals surface area contributed by atoms with E-state index >= 15 is 0 Å². The smallest absolute Gasteiger partial charge is 0.259 e. The minimum absolute atomic E-state index is 0.147. The number of benzene rings is 3. The van der Waals surface area contributed by atoms with Crippen molar-refractivity contribution >= 4 is 22.5 Å². The average molecular weight is 388 g/mol. The van der Waals surface area contributed by atoms with Gasteiger partial charge in [0, 0.05) is 5.69 Å². The second-order valence-electron chi connectivity index (χ2n) is 6.08. The Labute approximate surface area is 167 Å². The first kappa shape index (κ1) is 19.6. The summed E-state index contributed by atoms with van der Waals surface area (Å²) >= 11 is 0. The molecule has 0 spiro atoms. The largest absolute Gasteiger partial charge is 0.496 e. The van der Waals surface area contributed by atoms with Crippen LogP contribution in [0.2, 0.25) is 0 Å². The van der Waals surface area contributed by atoms with Crippen molar-refractivity contribution in [3.63, 3.8) is 0 Å². The van der Waals surface area contributed by atoms with E-state index in [1.807, 2.05) is 42.5 Å². The summed E-state index contributed by atoms with van der Waals surface area (Å²) in [5.41, 5.74) is 12.5. The normalized spacial score (nSPS) is 10.1. The lowest BCUT2D eigenvalue weighted by molar-refractivity contribution is 0.100. The number of nitrogens with one attached hydrogen (secondary N) is 1. The van der Waals surface area contributed by atoms with Crippen LogP contribution in [-0.4, -0.2) is 23.0 Å². The number of aromatic amines is 1. The third-order valence-corrected chi connectivity index (χ3v) is 4.20. The fourth-order valence-electron chi connectivity index (χ4n) is 2.78. The number of ether oxygens (including phenoxy) is 1. The predicted octanol–water partition coefficient (Wildman–Crippen LogP) is 2.97. The minimum atomic E-state index is -0.488. The number of methoxy groups -OCH3 is 1. The van der Waals surface area contributed by atoms with Crippen molar-refractivity contribution < 1.29 is 9.53 Å². The lowest BCUT2D eigenvalue weighted by Crippen LogP contribution is -2.12. The highest BCUT2D eigenvalue weighted by molar-refractivity contribution is 5.97. The van der Waals surface area contributed by atoms with Crippen LogP contribution in [0.3, 0.4) is 0 Å². The van der Waals surface area contributed by atoms with E-state index in [1.165, 1.54) is 0 Å². The number of primary amides is 1. The van der Waals surface area contributed by atoms with Crippen LogP contribution in [0.4, 0.5) is 5.69 Å². The van der Waals surface area contributed by atoms with Crippen molar-refractivity contribution in [1.29, 1.82) is 0 Å².